The molecular formula is C33H42N6O6S. The number of carbonyl (C=O) groups excluding carboxylic acids is 3. The van der Waals surface area contributed by atoms with E-state index < -0.39 is 27.9 Å². The normalized spacial score (nSPS) is 14.0. The summed E-state index contributed by atoms with van der Waals surface area (Å²) in [7, 11) is -4.12. The van der Waals surface area contributed by atoms with E-state index in [1.165, 1.54) is 13.0 Å². The monoisotopic (exact) mass is 650 g/mol. The molecule has 0 aliphatic carbocycles. The zero-order valence-electron chi connectivity index (χ0n) is 26.3. The summed E-state index contributed by atoms with van der Waals surface area (Å²) in [4.78, 5) is 45.7. The van der Waals surface area contributed by atoms with Crippen molar-refractivity contribution in [2.24, 2.45) is 0 Å². The van der Waals surface area contributed by atoms with Crippen molar-refractivity contribution >= 4 is 44.5 Å². The highest BCUT2D eigenvalue weighted by Crippen LogP contribution is 2.20. The third kappa shape index (κ3) is 9.51. The number of amidine groups is 1. The number of sulfonamides is 1. The van der Waals surface area contributed by atoms with Crippen LogP contribution in [0.25, 0.3) is 10.8 Å². The highest BCUT2D eigenvalue weighted by atomic mass is 32.2. The average molecular weight is 651 g/mol. The fourth-order valence-electron chi connectivity index (χ4n) is 5.25. The minimum absolute atomic E-state index is 0.00120. The van der Waals surface area contributed by atoms with Gasteiger partial charge in [-0.25, -0.2) is 18.7 Å². The van der Waals surface area contributed by atoms with Crippen LogP contribution >= 0.6 is 0 Å². The molecule has 246 valence electrons. The van der Waals surface area contributed by atoms with Crippen molar-refractivity contribution in [1.82, 2.24) is 25.3 Å². The van der Waals surface area contributed by atoms with Crippen molar-refractivity contribution in [2.45, 2.75) is 56.9 Å². The number of hydrogen-bond donors (Lipinski definition) is 4. The van der Waals surface area contributed by atoms with Gasteiger partial charge < -0.3 is 20.0 Å². The second-order valence-corrected chi connectivity index (χ2v) is 13.0. The van der Waals surface area contributed by atoms with Gasteiger partial charge in [0.25, 0.3) is 0 Å². The largest absolute Gasteiger partial charge is 0.342 e. The van der Waals surface area contributed by atoms with Crippen molar-refractivity contribution in [3.05, 3.63) is 77.9 Å². The smallest absolute Gasteiger partial charge is 0.329 e. The van der Waals surface area contributed by atoms with E-state index >= 15 is 0 Å². The zero-order valence-corrected chi connectivity index (χ0v) is 27.1. The van der Waals surface area contributed by atoms with Crippen molar-refractivity contribution < 1.29 is 27.6 Å². The van der Waals surface area contributed by atoms with Gasteiger partial charge in [-0.15, -0.1) is 0 Å². The maximum Gasteiger partial charge on any atom is 0.329 e. The first kappa shape index (κ1) is 34.4. The van der Waals surface area contributed by atoms with Crippen molar-refractivity contribution in [1.29, 1.82) is 5.41 Å². The van der Waals surface area contributed by atoms with Crippen LogP contribution in [0.1, 0.15) is 50.7 Å². The number of piperazine rings is 1. The van der Waals surface area contributed by atoms with Crippen molar-refractivity contribution in [2.75, 3.05) is 32.7 Å². The van der Waals surface area contributed by atoms with Crippen molar-refractivity contribution in [3.63, 3.8) is 0 Å². The Labute approximate surface area is 270 Å². The van der Waals surface area contributed by atoms with Crippen LogP contribution in [0.5, 0.6) is 0 Å². The van der Waals surface area contributed by atoms with Crippen LogP contribution < -0.4 is 15.5 Å². The van der Waals surface area contributed by atoms with Gasteiger partial charge in [0.15, 0.2) is 5.84 Å². The lowest BCUT2D eigenvalue weighted by Crippen LogP contribution is -2.57. The number of unbranched alkanes of at least 4 members (excludes halogenated alkanes) is 3. The second-order valence-electron chi connectivity index (χ2n) is 11.3. The number of urea groups is 1. The van der Waals surface area contributed by atoms with Gasteiger partial charge in [-0.3, -0.25) is 15.0 Å². The number of nitrogens with zero attached hydrogens (tertiary/aromatic N) is 2. The first-order chi connectivity index (χ1) is 22.1. The molecule has 0 spiro atoms. The molecule has 3 aromatic rings. The summed E-state index contributed by atoms with van der Waals surface area (Å²) in [6.45, 7) is 5.10. The van der Waals surface area contributed by atoms with E-state index in [2.05, 4.69) is 22.4 Å². The molecular weight excluding hydrogens is 608 g/mol. The van der Waals surface area contributed by atoms with Gasteiger partial charge in [0, 0.05) is 45.2 Å². The molecule has 3 aromatic carbocycles. The first-order valence-electron chi connectivity index (χ1n) is 15.5. The summed E-state index contributed by atoms with van der Waals surface area (Å²) in [6, 6.07) is 17.5. The number of rotatable bonds is 12. The number of carbonyl (C=O) groups is 3. The summed E-state index contributed by atoms with van der Waals surface area (Å²) in [5.74, 6) is -1.20. The Balaban J connectivity index is 1.50. The maximum atomic E-state index is 13.9. The minimum atomic E-state index is -4.12. The third-order valence-electron chi connectivity index (χ3n) is 7.76. The van der Waals surface area contributed by atoms with Gasteiger partial charge in [-0.05, 0) is 47.4 Å². The van der Waals surface area contributed by atoms with E-state index in [9.17, 15) is 22.8 Å². The molecule has 12 nitrogen and oxygen atoms in total. The zero-order chi connectivity index (χ0) is 33.1. The maximum absolute atomic E-state index is 13.9. The third-order valence-corrected chi connectivity index (χ3v) is 9.23. The molecule has 4 rings (SSSR count). The number of hydrogen-bond acceptors (Lipinski definition) is 7. The SMILES string of the molecule is CCCCCCNC(=O)N1CCN(C(=O)C(Cc2cccc(C(=N)NOC(C)=O)c2)NS(=O)(=O)c2ccc3ccccc3c2)CC1. The van der Waals surface area contributed by atoms with Crippen LogP contribution in [0.2, 0.25) is 0 Å². The summed E-state index contributed by atoms with van der Waals surface area (Å²) in [5, 5.41) is 12.8. The molecule has 3 amide bonds. The molecule has 0 radical (unpaired) electrons. The van der Waals surface area contributed by atoms with Crippen LogP contribution in [0.4, 0.5) is 4.79 Å². The van der Waals surface area contributed by atoms with E-state index in [4.69, 9.17) is 10.2 Å². The Kier molecular flexibility index (Phi) is 12.1. The lowest BCUT2D eigenvalue weighted by atomic mass is 10.0. The number of nitrogens with one attached hydrogen (secondary N) is 4. The van der Waals surface area contributed by atoms with E-state index in [-0.39, 0.29) is 36.3 Å². The molecule has 0 bridgehead atoms. The predicted octanol–water partition coefficient (Wildman–Crippen LogP) is 3.56. The molecule has 0 saturated carbocycles. The Bertz CT molecular complexity index is 1660. The highest BCUT2D eigenvalue weighted by molar-refractivity contribution is 7.89. The van der Waals surface area contributed by atoms with E-state index in [0.717, 1.165) is 36.5 Å². The predicted molar refractivity (Wildman–Crippen MR) is 176 cm³/mol. The topological polar surface area (TPSA) is 161 Å². The quantitative estimate of drug-likeness (QED) is 0.101. The molecule has 1 atom stereocenters. The van der Waals surface area contributed by atoms with Gasteiger partial charge in [-0.1, -0.05) is 74.7 Å². The highest BCUT2D eigenvalue weighted by Gasteiger charge is 2.32. The lowest BCUT2D eigenvalue weighted by molar-refractivity contribution is -0.145. The molecule has 1 aliphatic rings. The van der Waals surface area contributed by atoms with Crippen molar-refractivity contribution in [3.8, 4) is 0 Å². The molecule has 1 heterocycles. The molecule has 0 aromatic heterocycles. The molecule has 1 aliphatic heterocycles. The number of amides is 3. The summed E-state index contributed by atoms with van der Waals surface area (Å²) in [5.41, 5.74) is 3.25. The van der Waals surface area contributed by atoms with Gasteiger partial charge in [0.1, 0.15) is 6.04 Å². The van der Waals surface area contributed by atoms with Gasteiger partial charge in [0.05, 0.1) is 4.90 Å². The Morgan fingerprint density at radius 1 is 0.891 bits per heavy atom. The molecule has 1 saturated heterocycles. The van der Waals surface area contributed by atoms with Crippen LogP contribution in [-0.4, -0.2) is 80.7 Å². The second kappa shape index (κ2) is 16.2. The lowest BCUT2D eigenvalue weighted by Gasteiger charge is -2.36. The van der Waals surface area contributed by atoms with Crippen LogP contribution in [-0.2, 0) is 30.9 Å². The number of hydroxylamine groups is 1. The standard InChI is InChI=1S/C33H42N6O6S/c1-3-4-5-8-16-35-33(42)39-19-17-38(18-20-39)32(41)30(22-25-10-9-13-28(21-25)31(34)36-45-24(2)40)37-46(43,44)29-15-14-26-11-6-7-12-27(26)23-29/h6-7,9-15,21,23,30,37H,3-5,8,16-20,22H2,1-2H3,(H2,34,36)(H,35,42). The summed E-state index contributed by atoms with van der Waals surface area (Å²) < 4.78 is 30.0. The molecule has 13 heteroatoms. The van der Waals surface area contributed by atoms with E-state index in [1.54, 1.807) is 46.2 Å². The number of fused-ring (bicyclic) bond motifs is 1. The van der Waals surface area contributed by atoms with Gasteiger partial charge >= 0.3 is 12.0 Å². The van der Waals surface area contributed by atoms with E-state index in [0.29, 0.717) is 30.8 Å². The Morgan fingerprint density at radius 2 is 1.61 bits per heavy atom. The summed E-state index contributed by atoms with van der Waals surface area (Å²) >= 11 is 0. The van der Waals surface area contributed by atoms with E-state index in [1.807, 2.05) is 24.3 Å². The minimum Gasteiger partial charge on any atom is -0.342 e. The van der Waals surface area contributed by atoms with Gasteiger partial charge in [0.2, 0.25) is 15.9 Å². The van der Waals surface area contributed by atoms with Crippen LogP contribution in [0.15, 0.2) is 71.6 Å². The number of benzene rings is 3. The van der Waals surface area contributed by atoms with Crippen LogP contribution in [0, 0.1) is 5.41 Å². The van der Waals surface area contributed by atoms with Gasteiger partial charge in [-0.2, -0.15) is 4.72 Å². The molecule has 1 fully saturated rings. The summed E-state index contributed by atoms with van der Waals surface area (Å²) in [6.07, 6.45) is 4.21. The van der Waals surface area contributed by atoms with Crippen LogP contribution in [0.3, 0.4) is 0 Å². The fraction of sp³-hybridized carbons (Fsp3) is 0.394. The fourth-order valence-corrected chi connectivity index (χ4v) is 6.47. The Hall–Kier alpha value is -4.49. The average Bonchev–Trinajstić information content (AvgIpc) is 3.06. The first-order valence-corrected chi connectivity index (χ1v) is 17.0. The molecule has 4 N–H and O–H groups in total. The Morgan fingerprint density at radius 3 is 2.33 bits per heavy atom. The molecule has 46 heavy (non-hydrogen) atoms. The molecule has 1 unspecified atom stereocenters.